The molecule has 1 aromatic heterocycles. The van der Waals surface area contributed by atoms with E-state index in [2.05, 4.69) is 16.0 Å². The van der Waals surface area contributed by atoms with Gasteiger partial charge in [0.05, 0.1) is 18.9 Å². The number of hydrogen-bond acceptors (Lipinski definition) is 3. The summed E-state index contributed by atoms with van der Waals surface area (Å²) in [6.45, 7) is 1.37. The Morgan fingerprint density at radius 2 is 2.00 bits per heavy atom. The second kappa shape index (κ2) is 4.47. The van der Waals surface area contributed by atoms with Gasteiger partial charge in [-0.05, 0) is 29.3 Å². The van der Waals surface area contributed by atoms with Crippen LogP contribution >= 0.6 is 0 Å². The highest BCUT2D eigenvalue weighted by molar-refractivity contribution is 5.82. The van der Waals surface area contributed by atoms with Gasteiger partial charge in [-0.1, -0.05) is 12.1 Å². The van der Waals surface area contributed by atoms with Crippen molar-refractivity contribution in [1.82, 2.24) is 4.98 Å². The third-order valence-corrected chi connectivity index (χ3v) is 2.81. The van der Waals surface area contributed by atoms with Crippen LogP contribution < -0.4 is 0 Å². The average Bonchev–Trinajstić information content (AvgIpc) is 2.86. The number of rotatable bonds is 2. The molecule has 1 aliphatic rings. The van der Waals surface area contributed by atoms with Crippen LogP contribution in [-0.2, 0) is 18.0 Å². The third kappa shape index (κ3) is 2.10. The van der Waals surface area contributed by atoms with E-state index in [1.165, 1.54) is 11.1 Å². The van der Waals surface area contributed by atoms with Gasteiger partial charge < -0.3 is 4.74 Å². The molecule has 0 spiro atoms. The molecule has 0 N–H and O–H groups in total. The van der Waals surface area contributed by atoms with Gasteiger partial charge in [-0.3, -0.25) is 9.98 Å². The zero-order valence-electron chi connectivity index (χ0n) is 9.34. The highest BCUT2D eigenvalue weighted by Gasteiger charge is 2.13. The van der Waals surface area contributed by atoms with E-state index in [1.807, 2.05) is 30.5 Å². The lowest BCUT2D eigenvalue weighted by Gasteiger charge is -2.00. The van der Waals surface area contributed by atoms with Crippen LogP contribution in [0.4, 0.5) is 5.69 Å². The first-order valence-electron chi connectivity index (χ1n) is 5.56. The summed E-state index contributed by atoms with van der Waals surface area (Å²) in [6.07, 6.45) is 5.38. The van der Waals surface area contributed by atoms with Crippen molar-refractivity contribution in [3.63, 3.8) is 0 Å². The summed E-state index contributed by atoms with van der Waals surface area (Å²) in [5, 5.41) is 0. The molecule has 0 bridgehead atoms. The van der Waals surface area contributed by atoms with E-state index < -0.39 is 0 Å². The van der Waals surface area contributed by atoms with Gasteiger partial charge >= 0.3 is 0 Å². The molecule has 2 aromatic rings. The maximum absolute atomic E-state index is 5.42. The van der Waals surface area contributed by atoms with Crippen LogP contribution in [-0.4, -0.2) is 11.2 Å². The van der Waals surface area contributed by atoms with Gasteiger partial charge in [-0.2, -0.15) is 0 Å². The molecule has 0 unspecified atom stereocenters. The molecule has 3 rings (SSSR count). The molecule has 17 heavy (non-hydrogen) atoms. The Hall–Kier alpha value is -2.00. The minimum Gasteiger partial charge on any atom is -0.372 e. The fraction of sp³-hybridized carbons (Fsp3) is 0.143. The summed E-state index contributed by atoms with van der Waals surface area (Å²) in [7, 11) is 0. The monoisotopic (exact) mass is 224 g/mol. The molecule has 84 valence electrons. The Morgan fingerprint density at radius 3 is 2.88 bits per heavy atom. The highest BCUT2D eigenvalue weighted by atomic mass is 16.5. The molecule has 3 nitrogen and oxygen atoms in total. The molecule has 0 saturated carbocycles. The van der Waals surface area contributed by atoms with Crippen LogP contribution in [0.2, 0.25) is 0 Å². The van der Waals surface area contributed by atoms with Crippen LogP contribution in [0, 0.1) is 0 Å². The number of pyridine rings is 1. The largest absolute Gasteiger partial charge is 0.372 e. The van der Waals surface area contributed by atoms with Crippen molar-refractivity contribution >= 4 is 11.9 Å². The van der Waals surface area contributed by atoms with Gasteiger partial charge in [-0.15, -0.1) is 0 Å². The maximum Gasteiger partial charge on any atom is 0.0746 e. The van der Waals surface area contributed by atoms with E-state index in [9.17, 15) is 0 Å². The van der Waals surface area contributed by atoms with E-state index in [4.69, 9.17) is 4.74 Å². The smallest absolute Gasteiger partial charge is 0.0746 e. The summed E-state index contributed by atoms with van der Waals surface area (Å²) in [5.74, 6) is 0. The summed E-state index contributed by atoms with van der Waals surface area (Å²) >= 11 is 0. The van der Waals surface area contributed by atoms with Gasteiger partial charge in [0.25, 0.3) is 0 Å². The Kier molecular flexibility index (Phi) is 2.68. The zero-order chi connectivity index (χ0) is 11.5. The lowest BCUT2D eigenvalue weighted by Crippen LogP contribution is -1.84. The van der Waals surface area contributed by atoms with Gasteiger partial charge in [0.2, 0.25) is 0 Å². The number of nitrogens with zero attached hydrogens (tertiary/aromatic N) is 2. The second-order valence-electron chi connectivity index (χ2n) is 3.95. The molecule has 0 atom stereocenters. The number of ether oxygens (including phenoxy) is 1. The molecule has 0 saturated heterocycles. The summed E-state index contributed by atoms with van der Waals surface area (Å²) in [6, 6.07) is 10.00. The molecule has 2 heterocycles. The fourth-order valence-electron chi connectivity index (χ4n) is 1.90. The molecule has 0 aliphatic carbocycles. The molecule has 0 radical (unpaired) electrons. The van der Waals surface area contributed by atoms with Crippen molar-refractivity contribution < 1.29 is 4.74 Å². The first kappa shape index (κ1) is 10.2. The third-order valence-electron chi connectivity index (χ3n) is 2.81. The molecule has 0 fully saturated rings. The molecular formula is C14H12N2O. The van der Waals surface area contributed by atoms with Crippen LogP contribution in [0.3, 0.4) is 0 Å². The SMILES string of the molecule is C(=Nc1cccc2c1COC2)c1ccncc1. The highest BCUT2D eigenvalue weighted by Crippen LogP contribution is 2.28. The van der Waals surface area contributed by atoms with Crippen LogP contribution in [0.1, 0.15) is 16.7 Å². The molecule has 1 aromatic carbocycles. The van der Waals surface area contributed by atoms with Crippen molar-refractivity contribution in [2.24, 2.45) is 4.99 Å². The minimum absolute atomic E-state index is 0.666. The number of benzene rings is 1. The summed E-state index contributed by atoms with van der Waals surface area (Å²) in [5.41, 5.74) is 4.50. The summed E-state index contributed by atoms with van der Waals surface area (Å²) < 4.78 is 5.42. The Balaban J connectivity index is 1.91. The van der Waals surface area contributed by atoms with Crippen LogP contribution in [0.25, 0.3) is 0 Å². The lowest BCUT2D eigenvalue weighted by atomic mass is 10.1. The van der Waals surface area contributed by atoms with E-state index in [0.29, 0.717) is 13.2 Å². The van der Waals surface area contributed by atoms with Crippen molar-refractivity contribution in [2.45, 2.75) is 13.2 Å². The first-order chi connectivity index (χ1) is 8.43. The second-order valence-corrected chi connectivity index (χ2v) is 3.95. The Morgan fingerprint density at radius 1 is 1.12 bits per heavy atom. The Labute approximate surface area is 99.8 Å². The predicted octanol–water partition coefficient (Wildman–Crippen LogP) is 2.86. The molecule has 3 heteroatoms. The van der Waals surface area contributed by atoms with E-state index in [1.54, 1.807) is 12.4 Å². The normalized spacial score (nSPS) is 14.1. The van der Waals surface area contributed by atoms with E-state index in [-0.39, 0.29) is 0 Å². The van der Waals surface area contributed by atoms with Gasteiger partial charge in [0, 0.05) is 24.2 Å². The van der Waals surface area contributed by atoms with Crippen molar-refractivity contribution in [3.05, 3.63) is 59.4 Å². The van der Waals surface area contributed by atoms with Crippen LogP contribution in [0.5, 0.6) is 0 Å². The number of aromatic nitrogens is 1. The molecule has 1 aliphatic heterocycles. The lowest BCUT2D eigenvalue weighted by molar-refractivity contribution is 0.134. The Bertz CT molecular complexity index is 549. The quantitative estimate of drug-likeness (QED) is 0.735. The van der Waals surface area contributed by atoms with Gasteiger partial charge in [0.15, 0.2) is 0 Å². The topological polar surface area (TPSA) is 34.5 Å². The average molecular weight is 224 g/mol. The van der Waals surface area contributed by atoms with Gasteiger partial charge in [-0.25, -0.2) is 0 Å². The fourth-order valence-corrected chi connectivity index (χ4v) is 1.90. The minimum atomic E-state index is 0.666. The van der Waals surface area contributed by atoms with E-state index >= 15 is 0 Å². The van der Waals surface area contributed by atoms with Crippen LogP contribution in [0.15, 0.2) is 47.7 Å². The summed E-state index contributed by atoms with van der Waals surface area (Å²) in [4.78, 5) is 8.49. The van der Waals surface area contributed by atoms with Crippen molar-refractivity contribution in [3.8, 4) is 0 Å². The maximum atomic E-state index is 5.42. The molecular weight excluding hydrogens is 212 g/mol. The predicted molar refractivity (Wildman–Crippen MR) is 66.4 cm³/mol. The van der Waals surface area contributed by atoms with E-state index in [0.717, 1.165) is 11.3 Å². The van der Waals surface area contributed by atoms with Gasteiger partial charge in [0.1, 0.15) is 0 Å². The van der Waals surface area contributed by atoms with Crippen molar-refractivity contribution in [2.75, 3.05) is 0 Å². The standard InChI is InChI=1S/C14H12N2O/c1-2-12-9-17-10-13(12)14(3-1)16-8-11-4-6-15-7-5-11/h1-8H,9-10H2. The molecule has 0 amide bonds. The zero-order valence-corrected chi connectivity index (χ0v) is 9.34. The number of fused-ring (bicyclic) bond motifs is 1. The number of hydrogen-bond donors (Lipinski definition) is 0. The van der Waals surface area contributed by atoms with Crippen molar-refractivity contribution in [1.29, 1.82) is 0 Å². The first-order valence-corrected chi connectivity index (χ1v) is 5.56. The number of aliphatic imine (C=N–C) groups is 1.